The van der Waals surface area contributed by atoms with Crippen LogP contribution < -0.4 is 5.32 Å². The monoisotopic (exact) mass is 291 g/mol. The average Bonchev–Trinajstić information content (AvgIpc) is 2.83. The quantitative estimate of drug-likeness (QED) is 0.742. The Morgan fingerprint density at radius 3 is 2.24 bits per heavy atom. The summed E-state index contributed by atoms with van der Waals surface area (Å²) < 4.78 is 0. The maximum atomic E-state index is 12.3. The van der Waals surface area contributed by atoms with Gasteiger partial charge in [-0.05, 0) is 17.0 Å². The molecule has 4 heteroatoms. The van der Waals surface area contributed by atoms with Gasteiger partial charge < -0.3 is 15.5 Å². The second-order valence-corrected chi connectivity index (χ2v) is 6.01. The van der Waals surface area contributed by atoms with Gasteiger partial charge in [-0.3, -0.25) is 4.79 Å². The second kappa shape index (κ2) is 6.58. The molecule has 0 saturated heterocycles. The van der Waals surface area contributed by atoms with Crippen molar-refractivity contribution in [2.75, 3.05) is 6.54 Å². The van der Waals surface area contributed by atoms with Gasteiger partial charge in [0.1, 0.15) is 0 Å². The summed E-state index contributed by atoms with van der Waals surface area (Å²) in [5, 5.41) is 23.3. The minimum Gasteiger partial charge on any atom is -0.391 e. The molecule has 1 aliphatic rings. The molecule has 1 aromatic carbocycles. The number of nitrogens with one attached hydrogen (secondary N) is 1. The average molecular weight is 291 g/mol. The third-order valence-electron chi connectivity index (χ3n) is 4.57. The number of amides is 1. The lowest BCUT2D eigenvalue weighted by atomic mass is 9.95. The van der Waals surface area contributed by atoms with Crippen LogP contribution in [0.3, 0.4) is 0 Å². The summed E-state index contributed by atoms with van der Waals surface area (Å²) in [5.74, 6) is -0.204. The summed E-state index contributed by atoms with van der Waals surface area (Å²) in [5.41, 5.74) is 0.670. The molecule has 0 aliphatic heterocycles. The van der Waals surface area contributed by atoms with Crippen LogP contribution in [0.2, 0.25) is 0 Å². The zero-order valence-corrected chi connectivity index (χ0v) is 12.8. The normalized spacial score (nSPS) is 17.6. The van der Waals surface area contributed by atoms with Gasteiger partial charge >= 0.3 is 0 Å². The van der Waals surface area contributed by atoms with E-state index in [1.807, 2.05) is 38.1 Å². The van der Waals surface area contributed by atoms with Gasteiger partial charge in [-0.25, -0.2) is 0 Å². The number of fused-ring (bicyclic) bond motifs is 1. The minimum atomic E-state index is -1.38. The molecule has 21 heavy (non-hydrogen) atoms. The molecule has 1 aromatic rings. The summed E-state index contributed by atoms with van der Waals surface area (Å²) in [6.07, 6.45) is 1.88. The van der Waals surface area contributed by atoms with Gasteiger partial charge in [0.15, 0.2) is 5.60 Å². The van der Waals surface area contributed by atoms with E-state index in [1.165, 1.54) is 0 Å². The highest BCUT2D eigenvalue weighted by molar-refractivity contribution is 5.86. The molecule has 0 bridgehead atoms. The Bertz CT molecular complexity index is 472. The van der Waals surface area contributed by atoms with E-state index in [0.717, 1.165) is 24.0 Å². The highest BCUT2D eigenvalue weighted by atomic mass is 16.3. The molecule has 1 amide bonds. The summed E-state index contributed by atoms with van der Waals surface area (Å²) in [7, 11) is 0. The highest BCUT2D eigenvalue weighted by Crippen LogP contribution is 2.30. The predicted molar refractivity (Wildman–Crippen MR) is 81.9 cm³/mol. The Hall–Kier alpha value is -1.39. The molecule has 0 fully saturated rings. The van der Waals surface area contributed by atoms with Gasteiger partial charge in [-0.1, -0.05) is 51.0 Å². The van der Waals surface area contributed by atoms with E-state index >= 15 is 0 Å². The van der Waals surface area contributed by atoms with Crippen LogP contribution in [0.4, 0.5) is 0 Å². The topological polar surface area (TPSA) is 69.6 Å². The van der Waals surface area contributed by atoms with Crippen molar-refractivity contribution in [3.05, 3.63) is 35.4 Å². The van der Waals surface area contributed by atoms with Gasteiger partial charge in [0.25, 0.3) is 5.91 Å². The van der Waals surface area contributed by atoms with E-state index in [-0.39, 0.29) is 18.4 Å². The molecule has 2 rings (SSSR count). The van der Waals surface area contributed by atoms with Crippen molar-refractivity contribution < 1.29 is 15.0 Å². The van der Waals surface area contributed by atoms with Crippen LogP contribution in [0.1, 0.15) is 37.8 Å². The molecule has 0 aromatic heterocycles. The lowest BCUT2D eigenvalue weighted by molar-refractivity contribution is -0.139. The first-order chi connectivity index (χ1) is 10.00. The standard InChI is InChI=1S/C17H25NO3/c1-3-12(4-2)15(19)11-18-16(20)17(21)9-13-7-5-6-8-14(13)10-17/h5-8,12,15,19,21H,3-4,9-11H2,1-2H3,(H,18,20)/t15-/m1/s1. The molecule has 1 atom stereocenters. The summed E-state index contributed by atoms with van der Waals surface area (Å²) >= 11 is 0. The lowest BCUT2D eigenvalue weighted by Crippen LogP contribution is -2.50. The van der Waals surface area contributed by atoms with Crippen molar-refractivity contribution in [2.45, 2.75) is 51.2 Å². The van der Waals surface area contributed by atoms with E-state index in [1.54, 1.807) is 0 Å². The third kappa shape index (κ3) is 3.44. The van der Waals surface area contributed by atoms with Crippen molar-refractivity contribution >= 4 is 5.91 Å². The van der Waals surface area contributed by atoms with E-state index in [4.69, 9.17) is 0 Å². The molecule has 0 heterocycles. The number of hydrogen-bond acceptors (Lipinski definition) is 3. The fourth-order valence-corrected chi connectivity index (χ4v) is 3.12. The lowest BCUT2D eigenvalue weighted by Gasteiger charge is -2.25. The van der Waals surface area contributed by atoms with Crippen LogP contribution in [-0.2, 0) is 17.6 Å². The zero-order valence-electron chi connectivity index (χ0n) is 12.8. The molecule has 0 saturated carbocycles. The molecular weight excluding hydrogens is 266 g/mol. The van der Waals surface area contributed by atoms with Crippen molar-refractivity contribution in [3.63, 3.8) is 0 Å². The number of carbonyl (C=O) groups excluding carboxylic acids is 1. The Morgan fingerprint density at radius 1 is 1.24 bits per heavy atom. The fraction of sp³-hybridized carbons (Fsp3) is 0.588. The number of aliphatic hydroxyl groups is 2. The zero-order chi connectivity index (χ0) is 15.5. The summed E-state index contributed by atoms with van der Waals surface area (Å²) in [4.78, 5) is 12.3. The Balaban J connectivity index is 1.93. The van der Waals surface area contributed by atoms with Crippen molar-refractivity contribution in [3.8, 4) is 0 Å². The highest BCUT2D eigenvalue weighted by Gasteiger charge is 2.41. The van der Waals surface area contributed by atoms with Crippen LogP contribution in [0, 0.1) is 5.92 Å². The molecule has 4 nitrogen and oxygen atoms in total. The fourth-order valence-electron chi connectivity index (χ4n) is 3.12. The predicted octanol–water partition coefficient (Wildman–Crippen LogP) is 1.43. The third-order valence-corrected chi connectivity index (χ3v) is 4.57. The number of benzene rings is 1. The van der Waals surface area contributed by atoms with E-state index in [0.29, 0.717) is 12.8 Å². The first-order valence-corrected chi connectivity index (χ1v) is 7.75. The Kier molecular flexibility index (Phi) is 5.01. The Labute approximate surface area is 126 Å². The molecule has 1 aliphatic carbocycles. The van der Waals surface area contributed by atoms with Gasteiger partial charge in [-0.2, -0.15) is 0 Å². The van der Waals surface area contributed by atoms with Crippen molar-refractivity contribution in [1.82, 2.24) is 5.32 Å². The van der Waals surface area contributed by atoms with Gasteiger partial charge in [0, 0.05) is 19.4 Å². The smallest absolute Gasteiger partial charge is 0.252 e. The summed E-state index contributed by atoms with van der Waals surface area (Å²) in [6.45, 7) is 4.25. The van der Waals surface area contributed by atoms with Crippen molar-refractivity contribution in [2.24, 2.45) is 5.92 Å². The van der Waals surface area contributed by atoms with Crippen LogP contribution in [-0.4, -0.2) is 34.4 Å². The Morgan fingerprint density at radius 2 is 1.76 bits per heavy atom. The first kappa shape index (κ1) is 16.0. The van der Waals surface area contributed by atoms with E-state index in [9.17, 15) is 15.0 Å². The molecule has 116 valence electrons. The largest absolute Gasteiger partial charge is 0.391 e. The SMILES string of the molecule is CCC(CC)[C@H](O)CNC(=O)C1(O)Cc2ccccc2C1. The van der Waals surface area contributed by atoms with Crippen LogP contribution in [0.15, 0.2) is 24.3 Å². The maximum Gasteiger partial charge on any atom is 0.252 e. The number of carbonyl (C=O) groups is 1. The van der Waals surface area contributed by atoms with E-state index in [2.05, 4.69) is 5.32 Å². The number of rotatable bonds is 6. The van der Waals surface area contributed by atoms with Gasteiger partial charge in [-0.15, -0.1) is 0 Å². The molecule has 0 spiro atoms. The molecule has 0 unspecified atom stereocenters. The van der Waals surface area contributed by atoms with Gasteiger partial charge in [0.2, 0.25) is 0 Å². The van der Waals surface area contributed by atoms with E-state index < -0.39 is 11.7 Å². The van der Waals surface area contributed by atoms with Crippen LogP contribution in [0.5, 0.6) is 0 Å². The second-order valence-electron chi connectivity index (χ2n) is 6.01. The number of hydrogen-bond donors (Lipinski definition) is 3. The minimum absolute atomic E-state index is 0.181. The van der Waals surface area contributed by atoms with Crippen LogP contribution in [0.25, 0.3) is 0 Å². The van der Waals surface area contributed by atoms with Crippen LogP contribution >= 0.6 is 0 Å². The number of aliphatic hydroxyl groups excluding tert-OH is 1. The molecular formula is C17H25NO3. The maximum absolute atomic E-state index is 12.3. The van der Waals surface area contributed by atoms with Gasteiger partial charge in [0.05, 0.1) is 6.10 Å². The van der Waals surface area contributed by atoms with Crippen molar-refractivity contribution in [1.29, 1.82) is 0 Å². The molecule has 0 radical (unpaired) electrons. The molecule has 3 N–H and O–H groups in total. The first-order valence-electron chi connectivity index (χ1n) is 7.75. The summed E-state index contributed by atoms with van der Waals surface area (Å²) in [6, 6.07) is 7.72.